The van der Waals surface area contributed by atoms with E-state index in [1.54, 1.807) is 0 Å². The van der Waals surface area contributed by atoms with Crippen molar-refractivity contribution in [2.45, 2.75) is 65.1 Å². The van der Waals surface area contributed by atoms with Crippen molar-refractivity contribution in [2.75, 3.05) is 19.8 Å². The highest BCUT2D eigenvalue weighted by molar-refractivity contribution is 5.80. The normalized spacial score (nSPS) is 15.7. The Morgan fingerprint density at radius 3 is 2.76 bits per heavy atom. The Labute approximate surface area is 193 Å². The van der Waals surface area contributed by atoms with Crippen molar-refractivity contribution in [1.82, 2.24) is 30.1 Å². The molecule has 0 saturated heterocycles. The molecule has 33 heavy (non-hydrogen) atoms. The second-order valence-corrected chi connectivity index (χ2v) is 9.11. The molecule has 2 heterocycles. The van der Waals surface area contributed by atoms with Crippen molar-refractivity contribution in [1.29, 1.82) is 0 Å². The highest BCUT2D eigenvalue weighted by Gasteiger charge is 2.32. The lowest BCUT2D eigenvalue weighted by atomic mass is 10.00. The van der Waals surface area contributed by atoms with E-state index in [-0.39, 0.29) is 24.1 Å². The molecule has 9 nitrogen and oxygen atoms in total. The second kappa shape index (κ2) is 10.4. The number of aliphatic hydroxyl groups is 1. The van der Waals surface area contributed by atoms with E-state index in [9.17, 15) is 9.90 Å². The van der Waals surface area contributed by atoms with E-state index in [0.717, 1.165) is 35.3 Å². The van der Waals surface area contributed by atoms with Crippen molar-refractivity contribution in [3.63, 3.8) is 0 Å². The number of H-pyrrole nitrogens is 1. The summed E-state index contributed by atoms with van der Waals surface area (Å²) < 4.78 is 7.60. The van der Waals surface area contributed by atoms with Gasteiger partial charge in [0.2, 0.25) is 0 Å². The fourth-order valence-electron chi connectivity index (χ4n) is 4.95. The fraction of sp³-hybridized carbons (Fsp3) is 0.583. The number of nitrogens with one attached hydrogen (secondary N) is 1. The first kappa shape index (κ1) is 23.4. The molecule has 0 amide bonds. The molecule has 1 saturated carbocycles. The molecule has 178 valence electrons. The maximum atomic E-state index is 12.9. The van der Waals surface area contributed by atoms with E-state index in [4.69, 9.17) is 4.74 Å². The molecule has 4 rings (SSSR count). The van der Waals surface area contributed by atoms with Crippen molar-refractivity contribution in [3.8, 4) is 5.75 Å². The van der Waals surface area contributed by atoms with Crippen LogP contribution in [0.15, 0.2) is 29.1 Å². The van der Waals surface area contributed by atoms with Gasteiger partial charge in [0, 0.05) is 29.6 Å². The average molecular weight is 455 g/mol. The first-order valence-electron chi connectivity index (χ1n) is 11.9. The molecule has 0 aliphatic heterocycles. The Morgan fingerprint density at radius 2 is 2.06 bits per heavy atom. The van der Waals surface area contributed by atoms with Crippen molar-refractivity contribution >= 4 is 10.9 Å². The van der Waals surface area contributed by atoms with E-state index < -0.39 is 0 Å². The van der Waals surface area contributed by atoms with Gasteiger partial charge >= 0.3 is 0 Å². The van der Waals surface area contributed by atoms with Gasteiger partial charge in [-0.3, -0.25) is 9.69 Å². The van der Waals surface area contributed by atoms with Crippen LogP contribution in [0.25, 0.3) is 10.9 Å². The maximum absolute atomic E-state index is 12.9. The zero-order chi connectivity index (χ0) is 23.4. The summed E-state index contributed by atoms with van der Waals surface area (Å²) in [5.41, 5.74) is 1.27. The Balaban J connectivity index is 1.69. The molecule has 1 unspecified atom stereocenters. The van der Waals surface area contributed by atoms with Crippen molar-refractivity contribution in [2.24, 2.45) is 5.92 Å². The summed E-state index contributed by atoms with van der Waals surface area (Å²) in [7, 11) is 0. The number of ether oxygens (including phenoxy) is 1. The third-order valence-electron chi connectivity index (χ3n) is 6.44. The van der Waals surface area contributed by atoms with Gasteiger partial charge < -0.3 is 14.8 Å². The number of tetrazole rings is 1. The first-order chi connectivity index (χ1) is 16.0. The van der Waals surface area contributed by atoms with E-state index in [1.165, 1.54) is 12.8 Å². The number of nitrogens with zero attached hydrogens (tertiary/aromatic N) is 5. The van der Waals surface area contributed by atoms with Crippen LogP contribution in [-0.2, 0) is 6.54 Å². The summed E-state index contributed by atoms with van der Waals surface area (Å²) in [5.74, 6) is 1.76. The number of aliphatic hydroxyl groups excluding tert-OH is 1. The van der Waals surface area contributed by atoms with E-state index in [0.29, 0.717) is 31.3 Å². The third kappa shape index (κ3) is 5.09. The van der Waals surface area contributed by atoms with Gasteiger partial charge in [0.05, 0.1) is 25.3 Å². The van der Waals surface area contributed by atoms with Crippen LogP contribution in [0.1, 0.15) is 69.9 Å². The van der Waals surface area contributed by atoms with Crippen LogP contribution in [0, 0.1) is 5.92 Å². The Bertz CT molecular complexity index is 1120. The van der Waals surface area contributed by atoms with Gasteiger partial charge in [-0.05, 0) is 60.4 Å². The second-order valence-electron chi connectivity index (χ2n) is 9.11. The molecular weight excluding hydrogens is 420 g/mol. The molecule has 1 aromatic carbocycles. The van der Waals surface area contributed by atoms with Gasteiger partial charge in [0.15, 0.2) is 5.82 Å². The number of rotatable bonds is 10. The molecule has 2 N–H and O–H groups in total. The lowest BCUT2D eigenvalue weighted by molar-refractivity contribution is 0.104. The van der Waals surface area contributed by atoms with Gasteiger partial charge in [0.25, 0.3) is 5.56 Å². The van der Waals surface area contributed by atoms with Crippen LogP contribution >= 0.6 is 0 Å². The molecule has 0 bridgehead atoms. The molecule has 3 aromatic rings. The van der Waals surface area contributed by atoms with Crippen LogP contribution in [0.2, 0.25) is 0 Å². The topological polar surface area (TPSA) is 109 Å². The predicted molar refractivity (Wildman–Crippen MR) is 126 cm³/mol. The van der Waals surface area contributed by atoms with E-state index in [1.807, 2.05) is 35.9 Å². The molecule has 0 radical (unpaired) electrons. The SMILES string of the molecule is CCOc1ccc2[nH]c(=O)c(CN(CCO)C(c3nnnn3C3CCCC3)C(C)C)cc2c1. The van der Waals surface area contributed by atoms with E-state index in [2.05, 4.69) is 39.3 Å². The lowest BCUT2D eigenvalue weighted by Crippen LogP contribution is -2.37. The minimum atomic E-state index is -0.132. The molecule has 1 aliphatic rings. The molecule has 1 fully saturated rings. The number of fused-ring (bicyclic) bond motifs is 1. The minimum Gasteiger partial charge on any atom is -0.494 e. The predicted octanol–water partition coefficient (Wildman–Crippen LogP) is 3.22. The Morgan fingerprint density at radius 1 is 1.27 bits per heavy atom. The Hall–Kier alpha value is -2.78. The summed E-state index contributed by atoms with van der Waals surface area (Å²) in [4.78, 5) is 18.0. The first-order valence-corrected chi connectivity index (χ1v) is 11.9. The number of hydrogen-bond donors (Lipinski definition) is 2. The van der Waals surface area contributed by atoms with Gasteiger partial charge in [-0.1, -0.05) is 26.7 Å². The van der Waals surface area contributed by atoms with Crippen LogP contribution in [0.3, 0.4) is 0 Å². The number of benzene rings is 1. The van der Waals surface area contributed by atoms with Crippen LogP contribution in [-0.4, -0.2) is 55.0 Å². The molecular formula is C24H34N6O3. The molecule has 1 atom stereocenters. The summed E-state index contributed by atoms with van der Waals surface area (Å²) in [6, 6.07) is 7.76. The lowest BCUT2D eigenvalue weighted by Gasteiger charge is -2.33. The molecule has 2 aromatic heterocycles. The van der Waals surface area contributed by atoms with Crippen molar-refractivity contribution < 1.29 is 9.84 Å². The number of aromatic nitrogens is 5. The minimum absolute atomic E-state index is 0.0197. The summed E-state index contributed by atoms with van der Waals surface area (Å²) in [6.45, 7) is 7.55. The van der Waals surface area contributed by atoms with Crippen LogP contribution in [0.4, 0.5) is 0 Å². The average Bonchev–Trinajstić information content (AvgIpc) is 3.47. The highest BCUT2D eigenvalue weighted by atomic mass is 16.5. The Kier molecular flexibility index (Phi) is 7.39. The van der Waals surface area contributed by atoms with E-state index >= 15 is 0 Å². The summed E-state index contributed by atoms with van der Waals surface area (Å²) >= 11 is 0. The fourth-order valence-corrected chi connectivity index (χ4v) is 4.95. The zero-order valence-corrected chi connectivity index (χ0v) is 19.7. The summed E-state index contributed by atoms with van der Waals surface area (Å²) in [6.07, 6.45) is 4.53. The monoisotopic (exact) mass is 454 g/mol. The standard InChI is InChI=1S/C24H34N6O3/c1-4-33-20-9-10-21-17(14-20)13-18(24(32)25-21)15-29(11-12-31)22(16(2)3)23-26-27-28-30(23)19-7-5-6-8-19/h9-10,13-14,16,19,22,31H,4-8,11-12,15H2,1-3H3,(H,25,32). The molecule has 1 aliphatic carbocycles. The van der Waals surface area contributed by atoms with Gasteiger partial charge in [0.1, 0.15) is 5.75 Å². The number of aromatic amines is 1. The smallest absolute Gasteiger partial charge is 0.252 e. The molecule has 9 heteroatoms. The number of pyridine rings is 1. The van der Waals surface area contributed by atoms with Gasteiger partial charge in [-0.15, -0.1) is 5.10 Å². The van der Waals surface area contributed by atoms with Gasteiger partial charge in [-0.2, -0.15) is 0 Å². The largest absolute Gasteiger partial charge is 0.494 e. The maximum Gasteiger partial charge on any atom is 0.252 e. The zero-order valence-electron chi connectivity index (χ0n) is 19.7. The third-order valence-corrected chi connectivity index (χ3v) is 6.44. The summed E-state index contributed by atoms with van der Waals surface area (Å²) in [5, 5.41) is 23.5. The van der Waals surface area contributed by atoms with Crippen LogP contribution in [0.5, 0.6) is 5.75 Å². The van der Waals surface area contributed by atoms with Crippen LogP contribution < -0.4 is 10.3 Å². The number of hydrogen-bond acceptors (Lipinski definition) is 7. The quantitative estimate of drug-likeness (QED) is 0.484. The van der Waals surface area contributed by atoms with Crippen molar-refractivity contribution in [3.05, 3.63) is 46.0 Å². The highest BCUT2D eigenvalue weighted by Crippen LogP contribution is 2.34. The molecule has 0 spiro atoms. The van der Waals surface area contributed by atoms with Gasteiger partial charge in [-0.25, -0.2) is 4.68 Å².